The van der Waals surface area contributed by atoms with Gasteiger partial charge in [0.25, 0.3) is 5.91 Å². The van der Waals surface area contributed by atoms with Crippen molar-refractivity contribution >= 4 is 15.7 Å². The topological polar surface area (TPSA) is 101 Å². The number of sulfone groups is 1. The Labute approximate surface area is 134 Å². The van der Waals surface area contributed by atoms with Crippen LogP contribution in [0.1, 0.15) is 34.9 Å². The van der Waals surface area contributed by atoms with Gasteiger partial charge in [-0.05, 0) is 18.9 Å². The molecule has 0 aliphatic carbocycles. The van der Waals surface area contributed by atoms with Crippen LogP contribution in [0, 0.1) is 0 Å². The summed E-state index contributed by atoms with van der Waals surface area (Å²) in [6.07, 6.45) is 5.86. The van der Waals surface area contributed by atoms with E-state index in [1.165, 1.54) is 12.5 Å². The van der Waals surface area contributed by atoms with Crippen molar-refractivity contribution in [2.45, 2.75) is 23.7 Å². The highest BCUT2D eigenvalue weighted by atomic mass is 32.2. The molecule has 1 N–H and O–H groups in total. The highest BCUT2D eigenvalue weighted by Crippen LogP contribution is 2.30. The lowest BCUT2D eigenvalue weighted by Gasteiger charge is -2.32. The molecular weight excluding hydrogens is 318 g/mol. The standard InChI is InChI=1S/C14H19N5O3S/c1-18-7-5-11(17-18)14(20)19-6-3-4-10(9-19)13-12(8-15-16-13)23(2,21)22/h5,7-8,10H,3-4,6,9H2,1-2H3,(H,15,16)/t10-/m1/s1. The zero-order chi connectivity index (χ0) is 16.6. The first-order chi connectivity index (χ1) is 10.9. The average Bonchev–Trinajstić information content (AvgIpc) is 3.15. The third kappa shape index (κ3) is 3.14. The number of aryl methyl sites for hydroxylation is 1. The molecule has 0 saturated carbocycles. The molecule has 2 aromatic heterocycles. The number of likely N-dealkylation sites (tertiary alicyclic amines) is 1. The molecular formula is C14H19N5O3S. The van der Waals surface area contributed by atoms with Gasteiger partial charge in [-0.25, -0.2) is 8.42 Å². The van der Waals surface area contributed by atoms with E-state index in [9.17, 15) is 13.2 Å². The molecule has 1 aliphatic heterocycles. The van der Waals surface area contributed by atoms with Crippen molar-refractivity contribution < 1.29 is 13.2 Å². The molecule has 8 nitrogen and oxygen atoms in total. The van der Waals surface area contributed by atoms with Gasteiger partial charge >= 0.3 is 0 Å². The molecule has 1 atom stereocenters. The van der Waals surface area contributed by atoms with Gasteiger partial charge in [-0.3, -0.25) is 14.6 Å². The van der Waals surface area contributed by atoms with Crippen LogP contribution in [0.3, 0.4) is 0 Å². The molecule has 0 spiro atoms. The molecule has 0 radical (unpaired) electrons. The molecule has 0 unspecified atom stereocenters. The van der Waals surface area contributed by atoms with Crippen molar-refractivity contribution in [3.63, 3.8) is 0 Å². The third-order valence-electron chi connectivity index (χ3n) is 4.08. The average molecular weight is 337 g/mol. The Morgan fingerprint density at radius 1 is 1.43 bits per heavy atom. The van der Waals surface area contributed by atoms with Gasteiger partial charge < -0.3 is 4.90 Å². The summed E-state index contributed by atoms with van der Waals surface area (Å²) in [4.78, 5) is 14.5. The number of piperidine rings is 1. The van der Waals surface area contributed by atoms with Crippen molar-refractivity contribution in [1.82, 2.24) is 24.9 Å². The number of amides is 1. The van der Waals surface area contributed by atoms with Gasteiger partial charge in [-0.2, -0.15) is 10.2 Å². The van der Waals surface area contributed by atoms with E-state index >= 15 is 0 Å². The van der Waals surface area contributed by atoms with E-state index in [0.29, 0.717) is 24.5 Å². The minimum absolute atomic E-state index is 0.0661. The maximum atomic E-state index is 12.5. The Kier molecular flexibility index (Phi) is 3.97. The summed E-state index contributed by atoms with van der Waals surface area (Å²) in [7, 11) is -1.58. The summed E-state index contributed by atoms with van der Waals surface area (Å²) in [5.74, 6) is -0.195. The first-order valence-corrected chi connectivity index (χ1v) is 9.27. The second kappa shape index (κ2) is 5.80. The predicted octanol–water partition coefficient (Wildman–Crippen LogP) is 0.567. The van der Waals surface area contributed by atoms with E-state index in [-0.39, 0.29) is 16.7 Å². The van der Waals surface area contributed by atoms with Crippen LogP contribution in [0.25, 0.3) is 0 Å². The number of aromatic nitrogens is 4. The number of carbonyl (C=O) groups excluding carboxylic acids is 1. The lowest BCUT2D eigenvalue weighted by atomic mass is 9.94. The van der Waals surface area contributed by atoms with Gasteiger partial charge in [-0.15, -0.1) is 0 Å². The van der Waals surface area contributed by atoms with E-state index in [1.54, 1.807) is 28.9 Å². The molecule has 124 valence electrons. The predicted molar refractivity (Wildman–Crippen MR) is 82.8 cm³/mol. The normalized spacial score (nSPS) is 19.0. The smallest absolute Gasteiger partial charge is 0.274 e. The van der Waals surface area contributed by atoms with E-state index in [2.05, 4.69) is 15.3 Å². The second-order valence-corrected chi connectivity index (χ2v) is 7.87. The molecule has 23 heavy (non-hydrogen) atoms. The van der Waals surface area contributed by atoms with Crippen molar-refractivity contribution in [2.24, 2.45) is 7.05 Å². The van der Waals surface area contributed by atoms with E-state index in [4.69, 9.17) is 0 Å². The van der Waals surface area contributed by atoms with Crippen LogP contribution in [-0.2, 0) is 16.9 Å². The lowest BCUT2D eigenvalue weighted by Crippen LogP contribution is -2.39. The summed E-state index contributed by atoms with van der Waals surface area (Å²) >= 11 is 0. The summed E-state index contributed by atoms with van der Waals surface area (Å²) < 4.78 is 25.3. The number of aromatic amines is 1. The molecule has 1 fully saturated rings. The lowest BCUT2D eigenvalue weighted by molar-refractivity contribution is 0.0698. The zero-order valence-corrected chi connectivity index (χ0v) is 13.9. The van der Waals surface area contributed by atoms with Crippen LogP contribution in [0.5, 0.6) is 0 Å². The molecule has 0 aromatic carbocycles. The van der Waals surface area contributed by atoms with E-state index in [1.807, 2.05) is 0 Å². The van der Waals surface area contributed by atoms with Crippen LogP contribution >= 0.6 is 0 Å². The van der Waals surface area contributed by atoms with E-state index < -0.39 is 9.84 Å². The molecule has 1 aliphatic rings. The molecule has 3 heterocycles. The molecule has 2 aromatic rings. The first kappa shape index (κ1) is 15.7. The fraction of sp³-hybridized carbons (Fsp3) is 0.500. The molecule has 9 heteroatoms. The minimum atomic E-state index is -3.34. The van der Waals surface area contributed by atoms with Crippen molar-refractivity contribution in [3.8, 4) is 0 Å². The number of nitrogens with zero attached hydrogens (tertiary/aromatic N) is 4. The molecule has 1 saturated heterocycles. The number of hydrogen-bond acceptors (Lipinski definition) is 5. The maximum absolute atomic E-state index is 12.5. The van der Waals surface area contributed by atoms with Gasteiger partial charge in [0, 0.05) is 38.5 Å². The van der Waals surface area contributed by atoms with Crippen LogP contribution in [0.15, 0.2) is 23.4 Å². The Balaban J connectivity index is 1.82. The number of rotatable bonds is 3. The van der Waals surface area contributed by atoms with Crippen LogP contribution in [-0.4, -0.2) is 58.5 Å². The van der Waals surface area contributed by atoms with Crippen molar-refractivity contribution in [2.75, 3.05) is 19.3 Å². The third-order valence-corrected chi connectivity index (χ3v) is 5.21. The minimum Gasteiger partial charge on any atom is -0.337 e. The fourth-order valence-corrected chi connectivity index (χ4v) is 3.82. The Bertz CT molecular complexity index is 823. The monoisotopic (exact) mass is 337 g/mol. The van der Waals surface area contributed by atoms with Gasteiger partial charge in [0.05, 0.1) is 11.9 Å². The SMILES string of the molecule is Cn1ccc(C(=O)N2CCC[C@@H](c3[nH]ncc3S(C)(=O)=O)C2)n1. The maximum Gasteiger partial charge on any atom is 0.274 e. The Morgan fingerprint density at radius 3 is 2.87 bits per heavy atom. The number of hydrogen-bond donors (Lipinski definition) is 1. The fourth-order valence-electron chi connectivity index (χ4n) is 2.96. The summed E-state index contributed by atoms with van der Waals surface area (Å²) in [5, 5.41) is 10.8. The number of carbonyl (C=O) groups is 1. The molecule has 1 amide bonds. The van der Waals surface area contributed by atoms with Crippen LogP contribution in [0.4, 0.5) is 0 Å². The molecule has 0 bridgehead atoms. The van der Waals surface area contributed by atoms with E-state index in [0.717, 1.165) is 12.8 Å². The summed E-state index contributed by atoms with van der Waals surface area (Å²) in [6, 6.07) is 1.68. The number of H-pyrrole nitrogens is 1. The Hall–Kier alpha value is -2.16. The zero-order valence-electron chi connectivity index (χ0n) is 13.1. The van der Waals surface area contributed by atoms with Gasteiger partial charge in [0.1, 0.15) is 10.6 Å². The van der Waals surface area contributed by atoms with Crippen LogP contribution in [0.2, 0.25) is 0 Å². The van der Waals surface area contributed by atoms with Crippen molar-refractivity contribution in [1.29, 1.82) is 0 Å². The Morgan fingerprint density at radius 2 is 2.22 bits per heavy atom. The largest absolute Gasteiger partial charge is 0.337 e. The summed E-state index contributed by atoms with van der Waals surface area (Å²) in [5.41, 5.74) is 0.993. The van der Waals surface area contributed by atoms with Crippen molar-refractivity contribution in [3.05, 3.63) is 29.8 Å². The second-order valence-electron chi connectivity index (χ2n) is 5.89. The van der Waals surface area contributed by atoms with Gasteiger partial charge in [0.15, 0.2) is 9.84 Å². The number of nitrogens with one attached hydrogen (secondary N) is 1. The van der Waals surface area contributed by atoms with Gasteiger partial charge in [-0.1, -0.05) is 0 Å². The van der Waals surface area contributed by atoms with Gasteiger partial charge in [0.2, 0.25) is 0 Å². The highest BCUT2D eigenvalue weighted by molar-refractivity contribution is 7.90. The first-order valence-electron chi connectivity index (χ1n) is 7.38. The molecule has 3 rings (SSSR count). The summed E-state index contributed by atoms with van der Waals surface area (Å²) in [6.45, 7) is 1.11. The quantitative estimate of drug-likeness (QED) is 0.882. The van der Waals surface area contributed by atoms with Crippen LogP contribution < -0.4 is 0 Å². The highest BCUT2D eigenvalue weighted by Gasteiger charge is 2.30.